The largest absolute Gasteiger partial charge is 0.523 e. The average Bonchev–Trinajstić information content (AvgIpc) is 2.81. The summed E-state index contributed by atoms with van der Waals surface area (Å²) in [5.41, 5.74) is -4.47. The molecule has 5 nitrogen and oxygen atoms in total. The number of fused-ring (bicyclic) bond motifs is 1. The molecule has 9 heteroatoms. The van der Waals surface area contributed by atoms with E-state index in [1.807, 2.05) is 13.8 Å². The number of rotatable bonds is 15. The van der Waals surface area contributed by atoms with Gasteiger partial charge in [0.25, 0.3) is 0 Å². The van der Waals surface area contributed by atoms with E-state index in [4.69, 9.17) is 13.7 Å². The fourth-order valence-electron chi connectivity index (χ4n) is 5.48. The minimum absolute atomic E-state index is 0.0249. The van der Waals surface area contributed by atoms with Gasteiger partial charge < -0.3 is 9.47 Å². The molecule has 0 radical (unpaired) electrons. The van der Waals surface area contributed by atoms with Gasteiger partial charge in [-0.1, -0.05) is 72.6 Å². The quantitative estimate of drug-likeness (QED) is 0.154. The maximum absolute atomic E-state index is 13.2. The second kappa shape index (κ2) is 13.9. The molecule has 0 bridgehead atoms. The summed E-state index contributed by atoms with van der Waals surface area (Å²) in [6.07, 6.45) is 7.87. The van der Waals surface area contributed by atoms with Gasteiger partial charge in [-0.3, -0.25) is 4.18 Å². The Bertz CT molecular complexity index is 1040. The highest BCUT2D eigenvalue weighted by Gasteiger charge is 2.53. The monoisotopic (exact) mass is 578 g/mol. The fraction of sp³-hybridized carbons (Fsp3) is 0.800. The van der Waals surface area contributed by atoms with Crippen molar-refractivity contribution in [2.75, 3.05) is 7.11 Å². The Morgan fingerprint density at radius 2 is 1.51 bits per heavy atom. The van der Waals surface area contributed by atoms with Gasteiger partial charge in [-0.05, 0) is 68.6 Å². The van der Waals surface area contributed by atoms with Gasteiger partial charge >= 0.3 is 15.6 Å². The summed E-state index contributed by atoms with van der Waals surface area (Å²) in [6.45, 7) is 14.5. The maximum atomic E-state index is 13.2. The Morgan fingerprint density at radius 3 is 2.03 bits per heavy atom. The van der Waals surface area contributed by atoms with E-state index >= 15 is 0 Å². The molecule has 1 aromatic rings. The van der Waals surface area contributed by atoms with Gasteiger partial charge in [0, 0.05) is 12.0 Å². The number of hydrogen-bond donors (Lipinski definition) is 0. The van der Waals surface area contributed by atoms with E-state index in [9.17, 15) is 21.6 Å². The lowest BCUT2D eigenvalue weighted by molar-refractivity contribution is -0.0809. The Hall–Kier alpha value is -1.48. The molecular formula is C30H49F3O5S. The smallest absolute Gasteiger partial charge is 0.496 e. The van der Waals surface area contributed by atoms with Crippen molar-refractivity contribution in [2.45, 2.75) is 130 Å². The van der Waals surface area contributed by atoms with Crippen LogP contribution >= 0.6 is 0 Å². The molecule has 1 aromatic carbocycles. The third-order valence-corrected chi connectivity index (χ3v) is 9.33. The lowest BCUT2D eigenvalue weighted by Crippen LogP contribution is -2.52. The molecular weight excluding hydrogens is 529 g/mol. The number of benzene rings is 1. The van der Waals surface area contributed by atoms with Crippen LogP contribution in [0.2, 0.25) is 0 Å². The standard InChI is InChI=1S/C30H49F3O5S/c1-20(2)12-9-13-21(3)14-10-15-22(4)16-11-17-29(7)27(38-39(34,35)30(31,32)33)19-25-18-26(36-8)23(5)24(6)28(25)37-29/h18,20-22,27H,9-17,19H2,1-8H3/t21-,22-,27-,29+/m0/s1. The molecule has 0 unspecified atom stereocenters. The van der Waals surface area contributed by atoms with Gasteiger partial charge in [-0.15, -0.1) is 0 Å². The molecule has 2 rings (SSSR count). The maximum Gasteiger partial charge on any atom is 0.523 e. The molecule has 0 saturated heterocycles. The van der Waals surface area contributed by atoms with E-state index in [2.05, 4.69) is 27.7 Å². The predicted octanol–water partition coefficient (Wildman–Crippen LogP) is 8.68. The molecule has 1 aliphatic heterocycles. The Labute approximate surface area is 234 Å². The predicted molar refractivity (Wildman–Crippen MR) is 150 cm³/mol. The van der Waals surface area contributed by atoms with Crippen LogP contribution in [0.4, 0.5) is 13.2 Å². The normalized spacial score (nSPS) is 21.4. The van der Waals surface area contributed by atoms with Crippen LogP contribution in [0.3, 0.4) is 0 Å². The summed E-state index contributed by atoms with van der Waals surface area (Å²) in [7, 11) is -4.28. The molecule has 0 amide bonds. The van der Waals surface area contributed by atoms with Crippen LogP contribution in [0.1, 0.15) is 109 Å². The second-order valence-corrected chi connectivity index (χ2v) is 13.8. The van der Waals surface area contributed by atoms with Crippen molar-refractivity contribution >= 4 is 10.1 Å². The zero-order chi connectivity index (χ0) is 29.6. The highest BCUT2D eigenvalue weighted by Crippen LogP contribution is 2.44. The second-order valence-electron chi connectivity index (χ2n) is 12.3. The van der Waals surface area contributed by atoms with E-state index in [0.717, 1.165) is 36.3 Å². The molecule has 0 N–H and O–H groups in total. The van der Waals surface area contributed by atoms with Crippen molar-refractivity contribution in [3.63, 3.8) is 0 Å². The van der Waals surface area contributed by atoms with Crippen LogP contribution in [-0.2, 0) is 20.7 Å². The van der Waals surface area contributed by atoms with Crippen LogP contribution in [0.25, 0.3) is 0 Å². The lowest BCUT2D eigenvalue weighted by Gasteiger charge is -2.43. The van der Waals surface area contributed by atoms with Crippen LogP contribution in [0, 0.1) is 31.6 Å². The van der Waals surface area contributed by atoms with E-state index in [0.29, 0.717) is 41.7 Å². The number of alkyl halides is 3. The minimum atomic E-state index is -5.79. The zero-order valence-electron chi connectivity index (χ0n) is 25.0. The molecule has 4 atom stereocenters. The molecule has 39 heavy (non-hydrogen) atoms. The first-order chi connectivity index (χ1) is 18.0. The van der Waals surface area contributed by atoms with Gasteiger partial charge in [0.05, 0.1) is 7.11 Å². The molecule has 226 valence electrons. The highest BCUT2D eigenvalue weighted by molar-refractivity contribution is 7.87. The third kappa shape index (κ3) is 9.27. The van der Waals surface area contributed by atoms with Crippen LogP contribution < -0.4 is 9.47 Å². The number of ether oxygens (including phenoxy) is 2. The van der Waals surface area contributed by atoms with E-state index in [-0.39, 0.29) is 6.42 Å². The van der Waals surface area contributed by atoms with E-state index in [1.54, 1.807) is 13.0 Å². The molecule has 0 aromatic heterocycles. The summed E-state index contributed by atoms with van der Waals surface area (Å²) >= 11 is 0. The Balaban J connectivity index is 2.07. The van der Waals surface area contributed by atoms with E-state index in [1.165, 1.54) is 32.8 Å². The SMILES string of the molecule is COc1cc2c(c(C)c1C)O[C@](C)(CCC[C@@H](C)CCC[C@@H](C)CCCC(C)C)[C@@H](OS(=O)(=O)C(F)(F)F)C2. The number of hydrogen-bond acceptors (Lipinski definition) is 5. The van der Waals surface area contributed by atoms with Crippen LogP contribution in [0.5, 0.6) is 11.5 Å². The average molecular weight is 579 g/mol. The molecule has 1 heterocycles. The van der Waals surface area contributed by atoms with Gasteiger partial charge in [0.1, 0.15) is 23.2 Å². The van der Waals surface area contributed by atoms with Gasteiger partial charge in [-0.25, -0.2) is 0 Å². The summed E-state index contributed by atoms with van der Waals surface area (Å²) in [6, 6.07) is 1.69. The molecule has 0 aliphatic carbocycles. The summed E-state index contributed by atoms with van der Waals surface area (Å²) in [5, 5.41) is 0. The molecule has 1 aliphatic rings. The zero-order valence-corrected chi connectivity index (χ0v) is 25.9. The van der Waals surface area contributed by atoms with Crippen LogP contribution in [0.15, 0.2) is 6.07 Å². The molecule has 0 fully saturated rings. The first kappa shape index (κ1) is 33.7. The van der Waals surface area contributed by atoms with Crippen molar-refractivity contribution in [3.8, 4) is 11.5 Å². The molecule has 0 saturated carbocycles. The first-order valence-electron chi connectivity index (χ1n) is 14.4. The Morgan fingerprint density at radius 1 is 0.974 bits per heavy atom. The number of methoxy groups -OCH3 is 1. The van der Waals surface area contributed by atoms with Crippen molar-refractivity contribution < 1.29 is 35.2 Å². The van der Waals surface area contributed by atoms with E-state index < -0.39 is 27.3 Å². The van der Waals surface area contributed by atoms with Crippen molar-refractivity contribution in [3.05, 3.63) is 22.8 Å². The topological polar surface area (TPSA) is 61.8 Å². The van der Waals surface area contributed by atoms with Gasteiger partial charge in [-0.2, -0.15) is 21.6 Å². The van der Waals surface area contributed by atoms with Crippen molar-refractivity contribution in [2.24, 2.45) is 17.8 Å². The summed E-state index contributed by atoms with van der Waals surface area (Å²) in [5.74, 6) is 3.05. The minimum Gasteiger partial charge on any atom is -0.496 e. The Kier molecular flexibility index (Phi) is 12.0. The summed E-state index contributed by atoms with van der Waals surface area (Å²) < 4.78 is 80.3. The summed E-state index contributed by atoms with van der Waals surface area (Å²) in [4.78, 5) is 0. The van der Waals surface area contributed by atoms with Gasteiger partial charge in [0.15, 0.2) is 0 Å². The first-order valence-corrected chi connectivity index (χ1v) is 15.8. The lowest BCUT2D eigenvalue weighted by atomic mass is 9.83. The third-order valence-electron chi connectivity index (χ3n) is 8.28. The van der Waals surface area contributed by atoms with Crippen LogP contribution in [-0.4, -0.2) is 32.7 Å². The highest BCUT2D eigenvalue weighted by atomic mass is 32.2. The van der Waals surface area contributed by atoms with Crippen molar-refractivity contribution in [1.29, 1.82) is 0 Å². The van der Waals surface area contributed by atoms with Gasteiger partial charge in [0.2, 0.25) is 0 Å². The van der Waals surface area contributed by atoms with Crippen molar-refractivity contribution in [1.82, 2.24) is 0 Å². The fourth-order valence-corrected chi connectivity index (χ4v) is 6.17. The number of halogens is 3. The molecule has 0 spiro atoms.